The third-order valence-electron chi connectivity index (χ3n) is 2.09. The molecule has 2 N–H and O–H groups in total. The summed E-state index contributed by atoms with van der Waals surface area (Å²) in [5.41, 5.74) is 6.97. The normalized spacial score (nSPS) is 10.2. The lowest BCUT2D eigenvalue weighted by molar-refractivity contribution is 0.782. The summed E-state index contributed by atoms with van der Waals surface area (Å²) in [5, 5.41) is 6.99. The molecule has 6 heteroatoms. The Morgan fingerprint density at radius 1 is 1.53 bits per heavy atom. The second-order valence-electron chi connectivity index (χ2n) is 3.04. The minimum atomic E-state index is 0.158. The second-order valence-corrected chi connectivity index (χ2v) is 3.04. The van der Waals surface area contributed by atoms with Crippen LogP contribution in [0.4, 0.5) is 11.5 Å². The minimum Gasteiger partial charge on any atom is -0.382 e. The first kappa shape index (κ1) is 9.32. The summed E-state index contributed by atoms with van der Waals surface area (Å²) in [7, 11) is 1.66. The van der Waals surface area contributed by atoms with Crippen molar-refractivity contribution in [1.29, 1.82) is 0 Å². The predicted molar refractivity (Wildman–Crippen MR) is 56.3 cm³/mol. The van der Waals surface area contributed by atoms with Gasteiger partial charge in [-0.25, -0.2) is 0 Å². The lowest BCUT2D eigenvalue weighted by Crippen LogP contribution is -1.96. The van der Waals surface area contributed by atoms with E-state index in [4.69, 9.17) is 5.73 Å². The van der Waals surface area contributed by atoms with Gasteiger partial charge in [-0.05, 0) is 17.3 Å². The van der Waals surface area contributed by atoms with E-state index < -0.39 is 0 Å². The summed E-state index contributed by atoms with van der Waals surface area (Å²) in [5.74, 6) is 0.254. The molecule has 6 nitrogen and oxygen atoms in total. The van der Waals surface area contributed by atoms with Gasteiger partial charge in [0.05, 0.1) is 0 Å². The van der Waals surface area contributed by atoms with Crippen LogP contribution in [0.25, 0.3) is 11.3 Å². The molecule has 0 saturated carbocycles. The zero-order chi connectivity index (χ0) is 10.8. The number of nitrogens with zero attached hydrogens (tertiary/aromatic N) is 4. The summed E-state index contributed by atoms with van der Waals surface area (Å²) in [6.45, 7) is 0. The average molecular weight is 203 g/mol. The molecule has 0 atom stereocenters. The van der Waals surface area contributed by atoms with Crippen molar-refractivity contribution in [3.05, 3.63) is 29.4 Å². The molecule has 76 valence electrons. The first-order chi connectivity index (χ1) is 7.24. The van der Waals surface area contributed by atoms with E-state index >= 15 is 0 Å². The summed E-state index contributed by atoms with van der Waals surface area (Å²) in [6, 6.07) is 3.55. The van der Waals surface area contributed by atoms with Gasteiger partial charge in [0, 0.05) is 25.0 Å². The van der Waals surface area contributed by atoms with Crippen LogP contribution in [0.1, 0.15) is 0 Å². The Bertz CT molecular complexity index is 491. The molecular formula is C9H9N5O. The Balaban J connectivity index is 2.63. The zero-order valence-electron chi connectivity index (χ0n) is 8.08. The fraction of sp³-hybridized carbons (Fsp3) is 0.111. The Morgan fingerprint density at radius 2 is 2.33 bits per heavy atom. The third-order valence-corrected chi connectivity index (χ3v) is 2.09. The van der Waals surface area contributed by atoms with Crippen LogP contribution in [0, 0.1) is 4.91 Å². The van der Waals surface area contributed by atoms with Crippen LogP contribution in [-0.4, -0.2) is 14.8 Å². The van der Waals surface area contributed by atoms with E-state index in [1.54, 1.807) is 31.6 Å². The van der Waals surface area contributed by atoms with Crippen LogP contribution in [0.5, 0.6) is 0 Å². The van der Waals surface area contributed by atoms with Gasteiger partial charge in [-0.1, -0.05) is 0 Å². The second kappa shape index (κ2) is 3.49. The van der Waals surface area contributed by atoms with Gasteiger partial charge in [0.25, 0.3) is 0 Å². The molecule has 0 radical (unpaired) electrons. The van der Waals surface area contributed by atoms with Crippen LogP contribution in [0.15, 0.2) is 29.7 Å². The van der Waals surface area contributed by atoms with E-state index in [9.17, 15) is 4.91 Å². The molecule has 0 spiro atoms. The topological polar surface area (TPSA) is 86.2 Å². The van der Waals surface area contributed by atoms with E-state index in [1.165, 1.54) is 4.68 Å². The molecule has 0 aliphatic carbocycles. The Kier molecular flexibility index (Phi) is 2.17. The van der Waals surface area contributed by atoms with Crippen molar-refractivity contribution < 1.29 is 0 Å². The van der Waals surface area contributed by atoms with Gasteiger partial charge in [-0.3, -0.25) is 9.67 Å². The Labute approximate surface area is 85.7 Å². The summed E-state index contributed by atoms with van der Waals surface area (Å²) in [6.07, 6.45) is 3.25. The molecule has 0 unspecified atom stereocenters. The highest BCUT2D eigenvalue weighted by molar-refractivity contribution is 5.79. The average Bonchev–Trinajstić information content (AvgIpc) is 2.56. The number of pyridine rings is 1. The van der Waals surface area contributed by atoms with Gasteiger partial charge in [0.15, 0.2) is 11.5 Å². The molecule has 2 aromatic heterocycles. The van der Waals surface area contributed by atoms with Crippen LogP contribution in [0.3, 0.4) is 0 Å². The van der Waals surface area contributed by atoms with Gasteiger partial charge >= 0.3 is 0 Å². The quantitative estimate of drug-likeness (QED) is 0.748. The standard InChI is InChI=1S/C9H9N5O/c1-14-9(10)8(13-15)7(12-14)6-3-2-4-11-5-6/h2-5H,10H2,1H3. The molecule has 2 aromatic rings. The van der Waals surface area contributed by atoms with Gasteiger partial charge in [-0.2, -0.15) is 5.10 Å². The first-order valence-corrected chi connectivity index (χ1v) is 4.30. The number of rotatable bonds is 2. The van der Waals surface area contributed by atoms with Gasteiger partial charge < -0.3 is 5.73 Å². The number of nitroso groups, excluding NO2 is 1. The number of hydrogen-bond acceptors (Lipinski definition) is 5. The number of aromatic nitrogens is 3. The van der Waals surface area contributed by atoms with E-state index in [0.29, 0.717) is 5.69 Å². The van der Waals surface area contributed by atoms with Crippen molar-refractivity contribution in [3.63, 3.8) is 0 Å². The fourth-order valence-corrected chi connectivity index (χ4v) is 1.31. The maximum absolute atomic E-state index is 10.6. The molecule has 0 bridgehead atoms. The van der Waals surface area contributed by atoms with Crippen LogP contribution >= 0.6 is 0 Å². The van der Waals surface area contributed by atoms with Crippen molar-refractivity contribution in [2.45, 2.75) is 0 Å². The highest BCUT2D eigenvalue weighted by Gasteiger charge is 2.15. The SMILES string of the molecule is Cn1nc(-c2cccnc2)c(N=O)c1N. The Morgan fingerprint density at radius 3 is 2.93 bits per heavy atom. The smallest absolute Gasteiger partial charge is 0.177 e. The van der Waals surface area contributed by atoms with Gasteiger partial charge in [0.2, 0.25) is 0 Å². The van der Waals surface area contributed by atoms with Crippen molar-refractivity contribution in [2.75, 3.05) is 5.73 Å². The maximum atomic E-state index is 10.6. The molecule has 0 aliphatic heterocycles. The maximum Gasteiger partial charge on any atom is 0.177 e. The molecule has 0 amide bonds. The third kappa shape index (κ3) is 1.45. The molecule has 2 heterocycles. The minimum absolute atomic E-state index is 0.158. The molecule has 2 rings (SSSR count). The number of nitrogens with two attached hydrogens (primary N) is 1. The van der Waals surface area contributed by atoms with Crippen molar-refractivity contribution >= 4 is 11.5 Å². The van der Waals surface area contributed by atoms with Gasteiger partial charge in [0.1, 0.15) is 5.69 Å². The zero-order valence-corrected chi connectivity index (χ0v) is 8.08. The summed E-state index contributed by atoms with van der Waals surface area (Å²) >= 11 is 0. The van der Waals surface area contributed by atoms with Crippen LogP contribution < -0.4 is 5.73 Å². The fourth-order valence-electron chi connectivity index (χ4n) is 1.31. The lowest BCUT2D eigenvalue weighted by atomic mass is 10.2. The van der Waals surface area contributed by atoms with Crippen LogP contribution in [-0.2, 0) is 7.05 Å². The van der Waals surface area contributed by atoms with Crippen molar-refractivity contribution in [1.82, 2.24) is 14.8 Å². The molecular weight excluding hydrogens is 194 g/mol. The lowest BCUT2D eigenvalue weighted by Gasteiger charge is -1.94. The van der Waals surface area contributed by atoms with Gasteiger partial charge in [-0.15, -0.1) is 4.91 Å². The monoisotopic (exact) mass is 203 g/mol. The Hall–Kier alpha value is -2.24. The number of anilines is 1. The number of aryl methyl sites for hydroxylation is 1. The van der Waals surface area contributed by atoms with Crippen molar-refractivity contribution in [3.8, 4) is 11.3 Å². The van der Waals surface area contributed by atoms with Crippen LogP contribution in [0.2, 0.25) is 0 Å². The molecule has 0 aliphatic rings. The van der Waals surface area contributed by atoms with E-state index in [0.717, 1.165) is 5.56 Å². The molecule has 0 saturated heterocycles. The van der Waals surface area contributed by atoms with E-state index in [2.05, 4.69) is 15.3 Å². The highest BCUT2D eigenvalue weighted by Crippen LogP contribution is 2.33. The van der Waals surface area contributed by atoms with E-state index in [1.807, 2.05) is 0 Å². The molecule has 15 heavy (non-hydrogen) atoms. The number of nitrogen functional groups attached to an aromatic ring is 1. The summed E-state index contributed by atoms with van der Waals surface area (Å²) in [4.78, 5) is 14.6. The first-order valence-electron chi connectivity index (χ1n) is 4.30. The van der Waals surface area contributed by atoms with Crippen molar-refractivity contribution in [2.24, 2.45) is 12.2 Å². The predicted octanol–water partition coefficient (Wildman–Crippen LogP) is 1.46. The molecule has 0 fully saturated rings. The van der Waals surface area contributed by atoms with E-state index in [-0.39, 0.29) is 11.5 Å². The molecule has 0 aromatic carbocycles. The largest absolute Gasteiger partial charge is 0.382 e. The summed E-state index contributed by atoms with van der Waals surface area (Å²) < 4.78 is 1.42. The highest BCUT2D eigenvalue weighted by atomic mass is 16.3. The number of hydrogen-bond donors (Lipinski definition) is 1.